The van der Waals surface area contributed by atoms with Crippen molar-refractivity contribution in [2.75, 3.05) is 19.0 Å². The van der Waals surface area contributed by atoms with Gasteiger partial charge in [-0.25, -0.2) is 0 Å². The van der Waals surface area contributed by atoms with Crippen LogP contribution in [0.1, 0.15) is 11.1 Å². The van der Waals surface area contributed by atoms with Crippen molar-refractivity contribution >= 4 is 11.8 Å². The average molecular weight is 269 g/mol. The van der Waals surface area contributed by atoms with Gasteiger partial charge in [-0.15, -0.1) is 11.8 Å². The van der Waals surface area contributed by atoms with Gasteiger partial charge in [0.2, 0.25) is 0 Å². The van der Waals surface area contributed by atoms with Gasteiger partial charge in [0, 0.05) is 23.9 Å². The molecule has 0 unspecified atom stereocenters. The molecular formula is C17H19NS. The molecule has 1 aliphatic heterocycles. The number of hydrogen-bond donors (Lipinski definition) is 0. The summed E-state index contributed by atoms with van der Waals surface area (Å²) in [6, 6.07) is 19.6. The summed E-state index contributed by atoms with van der Waals surface area (Å²) in [5.74, 6) is 1.11. The fraction of sp³-hybridized carbons (Fsp3) is 0.294. The van der Waals surface area contributed by atoms with E-state index in [1.165, 1.54) is 29.0 Å². The lowest BCUT2D eigenvalue weighted by Gasteiger charge is -2.18. The lowest BCUT2D eigenvalue weighted by Crippen LogP contribution is -2.26. The summed E-state index contributed by atoms with van der Waals surface area (Å²) in [7, 11) is 0. The van der Waals surface area contributed by atoms with Crippen molar-refractivity contribution in [3.63, 3.8) is 0 Å². The summed E-state index contributed by atoms with van der Waals surface area (Å²) in [5.41, 5.74) is 2.95. The Morgan fingerprint density at radius 2 is 1.74 bits per heavy atom. The first-order valence-electron chi connectivity index (χ1n) is 6.89. The van der Waals surface area contributed by atoms with Crippen LogP contribution in [0.5, 0.6) is 0 Å². The Hall–Kier alpha value is -1.25. The van der Waals surface area contributed by atoms with Crippen molar-refractivity contribution in [1.29, 1.82) is 0 Å². The number of rotatable bonds is 3. The monoisotopic (exact) mass is 269 g/mol. The van der Waals surface area contributed by atoms with Gasteiger partial charge >= 0.3 is 0 Å². The first-order chi connectivity index (χ1) is 9.42. The highest BCUT2D eigenvalue weighted by Crippen LogP contribution is 2.27. The summed E-state index contributed by atoms with van der Waals surface area (Å²) < 4.78 is 0. The molecule has 2 heteroatoms. The highest BCUT2D eigenvalue weighted by atomic mass is 32.2. The normalized spacial score (nSPS) is 15.8. The second-order valence-corrected chi connectivity index (χ2v) is 5.97. The molecule has 0 aromatic heterocycles. The van der Waals surface area contributed by atoms with Crippen LogP contribution < -0.4 is 0 Å². The Kier molecular flexibility index (Phi) is 4.21. The first kappa shape index (κ1) is 12.8. The van der Waals surface area contributed by atoms with Gasteiger partial charge in [-0.2, -0.15) is 0 Å². The van der Waals surface area contributed by atoms with E-state index in [0.717, 1.165) is 18.8 Å². The van der Waals surface area contributed by atoms with E-state index in [1.807, 2.05) is 11.8 Å². The summed E-state index contributed by atoms with van der Waals surface area (Å²) in [6.07, 6.45) is 2.33. The Morgan fingerprint density at radius 3 is 2.63 bits per heavy atom. The second-order valence-electron chi connectivity index (χ2n) is 4.98. The van der Waals surface area contributed by atoms with Gasteiger partial charge in [-0.05, 0) is 30.0 Å². The number of fused-ring (bicyclic) bond motifs is 1. The number of nitrogens with zero attached hydrogens (tertiary/aromatic N) is 1. The summed E-state index contributed by atoms with van der Waals surface area (Å²) in [5, 5.41) is 0. The lowest BCUT2D eigenvalue weighted by atomic mass is 10.1. The molecule has 19 heavy (non-hydrogen) atoms. The molecule has 0 fully saturated rings. The van der Waals surface area contributed by atoms with Gasteiger partial charge in [0.05, 0.1) is 0 Å². The Morgan fingerprint density at radius 1 is 0.947 bits per heavy atom. The van der Waals surface area contributed by atoms with Gasteiger partial charge in [0.15, 0.2) is 0 Å². The molecule has 0 bridgehead atoms. The van der Waals surface area contributed by atoms with Crippen molar-refractivity contribution in [3.8, 4) is 0 Å². The minimum atomic E-state index is 1.11. The maximum atomic E-state index is 2.57. The molecule has 0 N–H and O–H groups in total. The first-order valence-corrected chi connectivity index (χ1v) is 7.87. The smallest absolute Gasteiger partial charge is 0.0491 e. The Balaban J connectivity index is 1.57. The van der Waals surface area contributed by atoms with Gasteiger partial charge in [-0.3, -0.25) is 4.90 Å². The Bertz CT molecular complexity index is 497. The van der Waals surface area contributed by atoms with Crippen LogP contribution in [0.25, 0.3) is 0 Å². The van der Waals surface area contributed by atoms with E-state index < -0.39 is 0 Å². The van der Waals surface area contributed by atoms with Gasteiger partial charge in [0.1, 0.15) is 0 Å². The molecule has 98 valence electrons. The highest BCUT2D eigenvalue weighted by molar-refractivity contribution is 7.99. The third-order valence-corrected chi connectivity index (χ3v) is 4.84. The summed E-state index contributed by atoms with van der Waals surface area (Å²) >= 11 is 1.98. The van der Waals surface area contributed by atoms with E-state index in [9.17, 15) is 0 Å². The lowest BCUT2D eigenvalue weighted by molar-refractivity contribution is 0.331. The third kappa shape index (κ3) is 3.40. The molecule has 0 aliphatic carbocycles. The predicted octanol–water partition coefficient (Wildman–Crippen LogP) is 3.84. The van der Waals surface area contributed by atoms with E-state index in [0.29, 0.717) is 0 Å². The fourth-order valence-electron chi connectivity index (χ4n) is 2.46. The Labute approximate surface area is 119 Å². The van der Waals surface area contributed by atoms with E-state index in [2.05, 4.69) is 59.5 Å². The standard InChI is InChI=1S/C17H19NS/c1-2-6-15(7-3-1)10-12-18-13-11-16-8-4-5-9-17(16)19-14-18/h1-9H,10-14H2. The zero-order valence-corrected chi connectivity index (χ0v) is 11.9. The van der Waals surface area contributed by atoms with Crippen molar-refractivity contribution in [3.05, 3.63) is 65.7 Å². The summed E-state index contributed by atoms with van der Waals surface area (Å²) in [4.78, 5) is 4.03. The molecule has 0 spiro atoms. The SMILES string of the molecule is c1ccc(CCN2CCc3ccccc3SC2)cc1. The van der Waals surface area contributed by atoms with E-state index in [-0.39, 0.29) is 0 Å². The molecule has 1 nitrogen and oxygen atoms in total. The molecule has 0 atom stereocenters. The van der Waals surface area contributed by atoms with E-state index in [4.69, 9.17) is 0 Å². The molecule has 2 aromatic rings. The number of hydrogen-bond acceptors (Lipinski definition) is 2. The van der Waals surface area contributed by atoms with Crippen LogP contribution in [-0.4, -0.2) is 23.9 Å². The minimum Gasteiger partial charge on any atom is -0.293 e. The third-order valence-electron chi connectivity index (χ3n) is 3.63. The average Bonchev–Trinajstić information content (AvgIpc) is 2.69. The quantitative estimate of drug-likeness (QED) is 0.833. The van der Waals surface area contributed by atoms with E-state index in [1.54, 1.807) is 0 Å². The molecule has 0 radical (unpaired) electrons. The van der Waals surface area contributed by atoms with Crippen LogP contribution in [-0.2, 0) is 12.8 Å². The predicted molar refractivity (Wildman–Crippen MR) is 82.6 cm³/mol. The number of thioether (sulfide) groups is 1. The molecule has 3 rings (SSSR count). The van der Waals surface area contributed by atoms with Crippen molar-refractivity contribution in [2.45, 2.75) is 17.7 Å². The topological polar surface area (TPSA) is 3.24 Å². The van der Waals surface area contributed by atoms with Crippen LogP contribution in [0.2, 0.25) is 0 Å². The second kappa shape index (κ2) is 6.27. The van der Waals surface area contributed by atoms with Crippen LogP contribution in [0.4, 0.5) is 0 Å². The summed E-state index contributed by atoms with van der Waals surface area (Å²) in [6.45, 7) is 2.34. The highest BCUT2D eigenvalue weighted by Gasteiger charge is 2.13. The minimum absolute atomic E-state index is 1.11. The molecule has 0 saturated heterocycles. The molecule has 0 amide bonds. The van der Waals surface area contributed by atoms with Crippen LogP contribution in [0.15, 0.2) is 59.5 Å². The van der Waals surface area contributed by atoms with Gasteiger partial charge in [-0.1, -0.05) is 48.5 Å². The van der Waals surface area contributed by atoms with Crippen LogP contribution >= 0.6 is 11.8 Å². The van der Waals surface area contributed by atoms with Crippen molar-refractivity contribution in [2.24, 2.45) is 0 Å². The molecule has 1 heterocycles. The molecule has 0 saturated carbocycles. The number of benzene rings is 2. The van der Waals surface area contributed by atoms with Gasteiger partial charge < -0.3 is 0 Å². The van der Waals surface area contributed by atoms with E-state index >= 15 is 0 Å². The zero-order valence-electron chi connectivity index (χ0n) is 11.1. The molecule has 1 aliphatic rings. The fourth-order valence-corrected chi connectivity index (χ4v) is 3.57. The molecular weight excluding hydrogens is 250 g/mol. The molecule has 2 aromatic carbocycles. The van der Waals surface area contributed by atoms with Crippen LogP contribution in [0.3, 0.4) is 0 Å². The maximum absolute atomic E-state index is 2.57. The maximum Gasteiger partial charge on any atom is 0.0491 e. The van der Waals surface area contributed by atoms with Crippen molar-refractivity contribution < 1.29 is 0 Å². The van der Waals surface area contributed by atoms with Crippen LogP contribution in [0, 0.1) is 0 Å². The zero-order chi connectivity index (χ0) is 12.9. The largest absolute Gasteiger partial charge is 0.293 e. The van der Waals surface area contributed by atoms with Crippen molar-refractivity contribution in [1.82, 2.24) is 4.90 Å². The van der Waals surface area contributed by atoms with Gasteiger partial charge in [0.25, 0.3) is 0 Å².